The number of hydrogen-bond donors (Lipinski definition) is 1. The van der Waals surface area contributed by atoms with Crippen LogP contribution in [0.15, 0.2) is 24.3 Å². The van der Waals surface area contributed by atoms with Crippen molar-refractivity contribution in [3.8, 4) is 5.75 Å². The molecule has 2 rings (SSSR count). The molecule has 1 fully saturated rings. The molecule has 0 aliphatic carbocycles. The van der Waals surface area contributed by atoms with Gasteiger partial charge in [-0.2, -0.15) is 0 Å². The maximum Gasteiger partial charge on any atom is 0.262 e. The average molecular weight is 284 g/mol. The molecule has 0 bridgehead atoms. The van der Waals surface area contributed by atoms with Crippen LogP contribution in [0.3, 0.4) is 0 Å². The molecule has 1 amide bonds. The normalized spacial score (nSPS) is 20.7. The SMILES string of the molecule is COc1ccccc1CN(C)C(=O)C1CC(F)(F)CN1. The maximum atomic E-state index is 13.1. The summed E-state index contributed by atoms with van der Waals surface area (Å²) < 4.78 is 31.4. The highest BCUT2D eigenvalue weighted by atomic mass is 19.3. The molecule has 1 aliphatic heterocycles. The van der Waals surface area contributed by atoms with Crippen LogP contribution >= 0.6 is 0 Å². The number of methoxy groups -OCH3 is 1. The summed E-state index contributed by atoms with van der Waals surface area (Å²) in [5.41, 5.74) is 0.843. The van der Waals surface area contributed by atoms with Crippen LogP contribution in [0.5, 0.6) is 5.75 Å². The molecule has 6 heteroatoms. The maximum absolute atomic E-state index is 13.1. The van der Waals surface area contributed by atoms with Crippen LogP contribution < -0.4 is 10.1 Å². The fraction of sp³-hybridized carbons (Fsp3) is 0.500. The Hall–Kier alpha value is -1.69. The second kappa shape index (κ2) is 5.75. The van der Waals surface area contributed by atoms with Gasteiger partial charge in [-0.25, -0.2) is 8.78 Å². The number of carbonyl (C=O) groups is 1. The van der Waals surface area contributed by atoms with Crippen molar-refractivity contribution in [1.29, 1.82) is 0 Å². The van der Waals surface area contributed by atoms with Crippen molar-refractivity contribution in [2.45, 2.75) is 24.9 Å². The highest BCUT2D eigenvalue weighted by Gasteiger charge is 2.43. The predicted molar refractivity (Wildman–Crippen MR) is 70.8 cm³/mol. The zero-order valence-electron chi connectivity index (χ0n) is 11.5. The Labute approximate surface area is 116 Å². The molecule has 1 aliphatic rings. The molecule has 4 nitrogen and oxygen atoms in total. The van der Waals surface area contributed by atoms with Gasteiger partial charge in [-0.3, -0.25) is 10.1 Å². The van der Waals surface area contributed by atoms with E-state index >= 15 is 0 Å². The Morgan fingerprint density at radius 1 is 1.50 bits per heavy atom. The molecule has 0 spiro atoms. The van der Waals surface area contributed by atoms with Gasteiger partial charge in [0.15, 0.2) is 0 Å². The topological polar surface area (TPSA) is 41.6 Å². The van der Waals surface area contributed by atoms with Crippen molar-refractivity contribution in [3.63, 3.8) is 0 Å². The summed E-state index contributed by atoms with van der Waals surface area (Å²) in [5.74, 6) is -2.45. The molecule has 1 aromatic rings. The first-order chi connectivity index (χ1) is 9.43. The Bertz CT molecular complexity index is 494. The standard InChI is InChI=1S/C14H18F2N2O2/c1-18(8-10-5-3-4-6-12(10)20-2)13(19)11-7-14(15,16)9-17-11/h3-6,11,17H,7-9H2,1-2H3. The molecule has 1 aromatic carbocycles. The number of halogens is 2. The van der Waals surface area contributed by atoms with Gasteiger partial charge in [0.05, 0.1) is 19.7 Å². The molecule has 1 heterocycles. The number of ether oxygens (including phenoxy) is 1. The number of nitrogens with one attached hydrogen (secondary N) is 1. The van der Waals surface area contributed by atoms with Gasteiger partial charge in [-0.15, -0.1) is 0 Å². The third kappa shape index (κ3) is 3.25. The minimum atomic E-state index is -2.80. The summed E-state index contributed by atoms with van der Waals surface area (Å²) in [7, 11) is 3.16. The number of alkyl halides is 2. The first-order valence-electron chi connectivity index (χ1n) is 6.41. The molecule has 20 heavy (non-hydrogen) atoms. The number of para-hydroxylation sites is 1. The number of nitrogens with zero attached hydrogens (tertiary/aromatic N) is 1. The van der Waals surface area contributed by atoms with E-state index < -0.39 is 24.9 Å². The zero-order valence-corrected chi connectivity index (χ0v) is 11.5. The monoisotopic (exact) mass is 284 g/mol. The average Bonchev–Trinajstić information content (AvgIpc) is 2.78. The molecule has 1 N–H and O–H groups in total. The van der Waals surface area contributed by atoms with E-state index in [2.05, 4.69) is 5.32 Å². The fourth-order valence-electron chi connectivity index (χ4n) is 2.32. The fourth-order valence-corrected chi connectivity index (χ4v) is 2.32. The van der Waals surface area contributed by atoms with E-state index in [0.717, 1.165) is 5.56 Å². The minimum Gasteiger partial charge on any atom is -0.496 e. The highest BCUT2D eigenvalue weighted by molar-refractivity contribution is 5.82. The third-order valence-electron chi connectivity index (χ3n) is 3.38. The molecule has 1 unspecified atom stereocenters. The molecule has 0 saturated carbocycles. The Kier molecular flexibility index (Phi) is 4.23. The van der Waals surface area contributed by atoms with Gasteiger partial charge in [-0.05, 0) is 6.07 Å². The van der Waals surface area contributed by atoms with E-state index in [1.807, 2.05) is 18.2 Å². The highest BCUT2D eigenvalue weighted by Crippen LogP contribution is 2.26. The van der Waals surface area contributed by atoms with Crippen molar-refractivity contribution < 1.29 is 18.3 Å². The van der Waals surface area contributed by atoms with Gasteiger partial charge in [0.25, 0.3) is 5.92 Å². The summed E-state index contributed by atoms with van der Waals surface area (Å²) >= 11 is 0. The van der Waals surface area contributed by atoms with Crippen LogP contribution in [0, 0.1) is 0 Å². The first-order valence-corrected chi connectivity index (χ1v) is 6.41. The van der Waals surface area contributed by atoms with E-state index in [-0.39, 0.29) is 5.91 Å². The number of rotatable bonds is 4. The van der Waals surface area contributed by atoms with Crippen LogP contribution in [0.2, 0.25) is 0 Å². The van der Waals surface area contributed by atoms with Crippen LogP contribution in [-0.4, -0.2) is 43.5 Å². The molecular weight excluding hydrogens is 266 g/mol. The predicted octanol–water partition coefficient (Wildman–Crippen LogP) is 1.65. The molecule has 110 valence electrons. The molecule has 0 aromatic heterocycles. The van der Waals surface area contributed by atoms with Crippen LogP contribution in [-0.2, 0) is 11.3 Å². The van der Waals surface area contributed by atoms with Gasteiger partial charge in [0.1, 0.15) is 5.75 Å². The zero-order chi connectivity index (χ0) is 14.8. The van der Waals surface area contributed by atoms with E-state index in [4.69, 9.17) is 4.74 Å². The van der Waals surface area contributed by atoms with Crippen LogP contribution in [0.4, 0.5) is 8.78 Å². The molecule has 0 radical (unpaired) electrons. The van der Waals surface area contributed by atoms with Crippen molar-refractivity contribution in [2.24, 2.45) is 0 Å². The quantitative estimate of drug-likeness (QED) is 0.914. The lowest BCUT2D eigenvalue weighted by Gasteiger charge is -2.22. The van der Waals surface area contributed by atoms with Gasteiger partial charge < -0.3 is 9.64 Å². The summed E-state index contributed by atoms with van der Waals surface area (Å²) in [6.07, 6.45) is -0.442. The number of likely N-dealkylation sites (N-methyl/N-ethyl adjacent to an activating group) is 1. The van der Waals surface area contributed by atoms with Gasteiger partial charge in [0, 0.05) is 25.6 Å². The first kappa shape index (κ1) is 14.7. The lowest BCUT2D eigenvalue weighted by atomic mass is 10.1. The molecule has 1 atom stereocenters. The summed E-state index contributed by atoms with van der Waals surface area (Å²) in [5, 5.41) is 2.57. The van der Waals surface area contributed by atoms with E-state index in [0.29, 0.717) is 12.3 Å². The summed E-state index contributed by atoms with van der Waals surface area (Å²) in [4.78, 5) is 13.6. The van der Waals surface area contributed by atoms with Crippen molar-refractivity contribution in [2.75, 3.05) is 20.7 Å². The Morgan fingerprint density at radius 2 is 2.20 bits per heavy atom. The Balaban J connectivity index is 2.01. The van der Waals surface area contributed by atoms with Crippen LogP contribution in [0.25, 0.3) is 0 Å². The van der Waals surface area contributed by atoms with Crippen molar-refractivity contribution in [3.05, 3.63) is 29.8 Å². The largest absolute Gasteiger partial charge is 0.496 e. The number of amides is 1. The number of carbonyl (C=O) groups excluding carboxylic acids is 1. The second-order valence-electron chi connectivity index (χ2n) is 5.00. The summed E-state index contributed by atoms with van der Waals surface area (Å²) in [6, 6.07) is 6.51. The van der Waals surface area contributed by atoms with Gasteiger partial charge in [-0.1, -0.05) is 18.2 Å². The molecule has 1 saturated heterocycles. The Morgan fingerprint density at radius 3 is 2.80 bits per heavy atom. The minimum absolute atomic E-state index is 0.326. The lowest BCUT2D eigenvalue weighted by molar-refractivity contribution is -0.132. The third-order valence-corrected chi connectivity index (χ3v) is 3.38. The smallest absolute Gasteiger partial charge is 0.262 e. The van der Waals surface area contributed by atoms with Crippen LogP contribution in [0.1, 0.15) is 12.0 Å². The van der Waals surface area contributed by atoms with Crippen molar-refractivity contribution >= 4 is 5.91 Å². The van der Waals surface area contributed by atoms with Crippen molar-refractivity contribution in [1.82, 2.24) is 10.2 Å². The number of hydrogen-bond acceptors (Lipinski definition) is 3. The van der Waals surface area contributed by atoms with E-state index in [1.54, 1.807) is 20.2 Å². The van der Waals surface area contributed by atoms with E-state index in [1.165, 1.54) is 4.90 Å². The summed E-state index contributed by atoms with van der Waals surface area (Å²) in [6.45, 7) is -0.113. The lowest BCUT2D eigenvalue weighted by Crippen LogP contribution is -2.41. The van der Waals surface area contributed by atoms with Gasteiger partial charge >= 0.3 is 0 Å². The second-order valence-corrected chi connectivity index (χ2v) is 5.00. The van der Waals surface area contributed by atoms with E-state index in [9.17, 15) is 13.6 Å². The van der Waals surface area contributed by atoms with Gasteiger partial charge in [0.2, 0.25) is 5.91 Å². The molecular formula is C14H18F2N2O2. The number of benzene rings is 1.